The van der Waals surface area contributed by atoms with E-state index in [-0.39, 0.29) is 0 Å². The fraction of sp³-hybridized carbons (Fsp3) is 0.385. The van der Waals surface area contributed by atoms with E-state index in [2.05, 4.69) is 21.0 Å². The molecule has 0 saturated heterocycles. The van der Waals surface area contributed by atoms with Crippen molar-refractivity contribution in [2.75, 3.05) is 7.11 Å². The van der Waals surface area contributed by atoms with Crippen molar-refractivity contribution in [3.63, 3.8) is 0 Å². The molecule has 0 aliphatic heterocycles. The molecule has 102 valence electrons. The number of aromatic nitrogens is 2. The van der Waals surface area contributed by atoms with Crippen molar-refractivity contribution in [2.45, 2.75) is 26.4 Å². The van der Waals surface area contributed by atoms with Gasteiger partial charge < -0.3 is 9.47 Å². The summed E-state index contributed by atoms with van der Waals surface area (Å²) in [5.74, 6) is 0.383. The van der Waals surface area contributed by atoms with Crippen molar-refractivity contribution in [3.05, 3.63) is 22.7 Å². The van der Waals surface area contributed by atoms with E-state index in [1.165, 1.54) is 11.8 Å². The maximum absolute atomic E-state index is 12.1. The Kier molecular flexibility index (Phi) is 3.54. The molecule has 19 heavy (non-hydrogen) atoms. The number of halogens is 1. The Morgan fingerprint density at radius 2 is 2.05 bits per heavy atom. The largest absolute Gasteiger partial charge is 0.479 e. The van der Waals surface area contributed by atoms with Crippen molar-refractivity contribution in [1.82, 2.24) is 9.78 Å². The van der Waals surface area contributed by atoms with Gasteiger partial charge in [-0.2, -0.15) is 4.68 Å². The van der Waals surface area contributed by atoms with Crippen LogP contribution in [0.4, 0.5) is 4.79 Å². The second-order valence-corrected chi connectivity index (χ2v) is 5.89. The van der Waals surface area contributed by atoms with Gasteiger partial charge in [-0.25, -0.2) is 4.79 Å². The van der Waals surface area contributed by atoms with Crippen LogP contribution in [0.1, 0.15) is 20.8 Å². The van der Waals surface area contributed by atoms with Gasteiger partial charge >= 0.3 is 6.09 Å². The molecule has 1 heterocycles. The standard InChI is InChI=1S/C13H15BrN2O3/c1-13(2,3)19-12(17)16-9-7-5-6-8(14)10(9)11(15-16)18-4/h5-7H,1-4H3. The second kappa shape index (κ2) is 4.85. The topological polar surface area (TPSA) is 53.4 Å². The molecule has 0 amide bonds. The zero-order valence-corrected chi connectivity index (χ0v) is 12.8. The van der Waals surface area contributed by atoms with Crippen LogP contribution in [0.2, 0.25) is 0 Å². The van der Waals surface area contributed by atoms with Gasteiger partial charge in [0.1, 0.15) is 5.60 Å². The Morgan fingerprint density at radius 1 is 1.37 bits per heavy atom. The molecule has 0 fully saturated rings. The first kappa shape index (κ1) is 13.9. The highest BCUT2D eigenvalue weighted by atomic mass is 79.9. The van der Waals surface area contributed by atoms with E-state index in [4.69, 9.17) is 9.47 Å². The summed E-state index contributed by atoms with van der Waals surface area (Å²) < 4.78 is 12.5. The van der Waals surface area contributed by atoms with E-state index < -0.39 is 11.7 Å². The number of fused-ring (bicyclic) bond motifs is 1. The number of nitrogens with zero attached hydrogens (tertiary/aromatic N) is 2. The molecule has 0 spiro atoms. The van der Waals surface area contributed by atoms with Crippen LogP contribution in [0.15, 0.2) is 22.7 Å². The number of hydrogen-bond donors (Lipinski definition) is 0. The molecule has 6 heteroatoms. The van der Waals surface area contributed by atoms with Gasteiger partial charge in [-0.15, -0.1) is 5.10 Å². The van der Waals surface area contributed by atoms with Crippen LogP contribution >= 0.6 is 15.9 Å². The van der Waals surface area contributed by atoms with Crippen LogP contribution in [0.3, 0.4) is 0 Å². The molecular formula is C13H15BrN2O3. The lowest BCUT2D eigenvalue weighted by Crippen LogP contribution is -2.27. The van der Waals surface area contributed by atoms with Gasteiger partial charge in [0.15, 0.2) is 0 Å². The molecule has 0 saturated carbocycles. The van der Waals surface area contributed by atoms with Crippen LogP contribution in [0, 0.1) is 0 Å². The number of hydrogen-bond acceptors (Lipinski definition) is 4. The first-order valence-corrected chi connectivity index (χ1v) is 6.57. The predicted octanol–water partition coefficient (Wildman–Crippen LogP) is 3.59. The number of carbonyl (C=O) groups excluding carboxylic acids is 1. The lowest BCUT2D eigenvalue weighted by Gasteiger charge is -2.19. The quantitative estimate of drug-likeness (QED) is 0.803. The maximum Gasteiger partial charge on any atom is 0.435 e. The summed E-state index contributed by atoms with van der Waals surface area (Å²) in [6.45, 7) is 5.43. The molecular weight excluding hydrogens is 312 g/mol. The zero-order valence-electron chi connectivity index (χ0n) is 11.2. The second-order valence-electron chi connectivity index (χ2n) is 5.04. The van der Waals surface area contributed by atoms with Crippen LogP contribution in [0.25, 0.3) is 10.9 Å². The summed E-state index contributed by atoms with van der Waals surface area (Å²) >= 11 is 3.43. The van der Waals surface area contributed by atoms with E-state index in [1.54, 1.807) is 6.07 Å². The SMILES string of the molecule is COc1nn(C(=O)OC(C)(C)C)c2cccc(Br)c12. The number of rotatable bonds is 1. The Morgan fingerprint density at radius 3 is 2.63 bits per heavy atom. The van der Waals surface area contributed by atoms with E-state index in [0.29, 0.717) is 11.4 Å². The van der Waals surface area contributed by atoms with Crippen molar-refractivity contribution in [3.8, 4) is 5.88 Å². The summed E-state index contributed by atoms with van der Waals surface area (Å²) in [6, 6.07) is 5.49. The third-order valence-corrected chi connectivity index (χ3v) is 3.05. The van der Waals surface area contributed by atoms with E-state index >= 15 is 0 Å². The minimum atomic E-state index is -0.575. The highest BCUT2D eigenvalue weighted by Crippen LogP contribution is 2.32. The lowest BCUT2D eigenvalue weighted by molar-refractivity contribution is 0.0520. The molecule has 1 aromatic carbocycles. The number of carbonyl (C=O) groups is 1. The molecule has 0 radical (unpaired) electrons. The molecule has 0 aliphatic carbocycles. The predicted molar refractivity (Wildman–Crippen MR) is 75.6 cm³/mol. The smallest absolute Gasteiger partial charge is 0.435 e. The average Bonchev–Trinajstić information content (AvgIpc) is 2.67. The van der Waals surface area contributed by atoms with Gasteiger partial charge in [0.25, 0.3) is 0 Å². The van der Waals surface area contributed by atoms with Gasteiger partial charge in [0.2, 0.25) is 5.88 Å². The summed E-state index contributed by atoms with van der Waals surface area (Å²) in [7, 11) is 1.51. The van der Waals surface area contributed by atoms with Crippen molar-refractivity contribution >= 4 is 32.9 Å². The highest BCUT2D eigenvalue weighted by molar-refractivity contribution is 9.10. The number of methoxy groups -OCH3 is 1. The van der Waals surface area contributed by atoms with Crippen molar-refractivity contribution in [1.29, 1.82) is 0 Å². The third-order valence-electron chi connectivity index (χ3n) is 2.38. The monoisotopic (exact) mass is 326 g/mol. The van der Waals surface area contributed by atoms with Crippen LogP contribution < -0.4 is 4.74 Å². The van der Waals surface area contributed by atoms with Gasteiger partial charge in [-0.1, -0.05) is 6.07 Å². The molecule has 0 aliphatic rings. The van der Waals surface area contributed by atoms with Gasteiger partial charge in [0, 0.05) is 4.47 Å². The normalized spacial score (nSPS) is 11.6. The summed E-state index contributed by atoms with van der Waals surface area (Å²) in [4.78, 5) is 12.1. The minimum absolute atomic E-state index is 0.383. The summed E-state index contributed by atoms with van der Waals surface area (Å²) in [5.41, 5.74) is 0.0645. The fourth-order valence-electron chi connectivity index (χ4n) is 1.68. The number of ether oxygens (including phenoxy) is 2. The molecule has 1 aromatic heterocycles. The Hall–Kier alpha value is -1.56. The molecule has 2 aromatic rings. The molecule has 0 atom stereocenters. The molecule has 2 rings (SSSR count). The average molecular weight is 327 g/mol. The Labute approximate surface area is 119 Å². The van der Waals surface area contributed by atoms with Crippen LogP contribution in [-0.2, 0) is 4.74 Å². The first-order valence-electron chi connectivity index (χ1n) is 5.78. The van der Waals surface area contributed by atoms with Gasteiger partial charge in [-0.3, -0.25) is 0 Å². The maximum atomic E-state index is 12.1. The molecule has 0 bridgehead atoms. The third kappa shape index (κ3) is 2.73. The van der Waals surface area contributed by atoms with Crippen molar-refractivity contribution in [2.24, 2.45) is 0 Å². The van der Waals surface area contributed by atoms with Crippen LogP contribution in [0.5, 0.6) is 5.88 Å². The number of benzene rings is 1. The van der Waals surface area contributed by atoms with E-state index in [0.717, 1.165) is 9.86 Å². The summed E-state index contributed by atoms with van der Waals surface area (Å²) in [6.07, 6.45) is -0.529. The molecule has 5 nitrogen and oxygen atoms in total. The van der Waals surface area contributed by atoms with Crippen molar-refractivity contribution < 1.29 is 14.3 Å². The van der Waals surface area contributed by atoms with E-state index in [1.807, 2.05) is 32.9 Å². The van der Waals surface area contributed by atoms with Gasteiger partial charge in [-0.05, 0) is 48.8 Å². The lowest BCUT2D eigenvalue weighted by atomic mass is 10.2. The minimum Gasteiger partial charge on any atom is -0.479 e. The van der Waals surface area contributed by atoms with E-state index in [9.17, 15) is 4.79 Å². The Bertz CT molecular complexity index is 629. The Balaban J connectivity index is 2.56. The fourth-order valence-corrected chi connectivity index (χ4v) is 2.21. The summed E-state index contributed by atoms with van der Waals surface area (Å²) in [5, 5.41) is 4.89. The molecule has 0 unspecified atom stereocenters. The van der Waals surface area contributed by atoms with Gasteiger partial charge in [0.05, 0.1) is 18.0 Å². The first-order chi connectivity index (χ1) is 8.83. The molecule has 0 N–H and O–H groups in total. The zero-order chi connectivity index (χ0) is 14.2. The van der Waals surface area contributed by atoms with Crippen LogP contribution in [-0.4, -0.2) is 28.6 Å². The highest BCUT2D eigenvalue weighted by Gasteiger charge is 2.23.